The second-order valence-corrected chi connectivity index (χ2v) is 5.73. The van der Waals surface area contributed by atoms with Crippen LogP contribution in [0.4, 0.5) is 0 Å². The van der Waals surface area contributed by atoms with E-state index in [1.165, 1.54) is 0 Å². The molecular weight excluding hydrogens is 262 g/mol. The van der Waals surface area contributed by atoms with Crippen LogP contribution in [-0.2, 0) is 14.3 Å². The summed E-state index contributed by atoms with van der Waals surface area (Å²) in [6.07, 6.45) is 0.858. The standard InChI is InChI=1S/C14H27NO5/c1-10-4-5-15(13(6-10)14(17)18)7-12(16)9-20-11(2)8-19-3/h10-13,16H,4-9H2,1-3H3,(H,17,18). The van der Waals surface area contributed by atoms with Crippen molar-refractivity contribution in [2.45, 2.75) is 44.9 Å². The summed E-state index contributed by atoms with van der Waals surface area (Å²) in [4.78, 5) is 13.1. The normalized spacial score (nSPS) is 27.2. The number of β-amino-alcohol motifs (C(OH)–C–C–N with tert-alkyl or cyclic N) is 1. The third-order valence-electron chi connectivity index (χ3n) is 3.68. The first-order chi connectivity index (χ1) is 9.43. The lowest BCUT2D eigenvalue weighted by molar-refractivity contribution is -0.146. The zero-order valence-electron chi connectivity index (χ0n) is 12.6. The molecule has 0 spiro atoms. The van der Waals surface area contributed by atoms with E-state index < -0.39 is 18.1 Å². The average molecular weight is 289 g/mol. The molecule has 1 heterocycles. The lowest BCUT2D eigenvalue weighted by Crippen LogP contribution is -2.50. The number of carboxylic acid groups (broad SMARTS) is 1. The predicted molar refractivity (Wildman–Crippen MR) is 74.7 cm³/mol. The minimum absolute atomic E-state index is 0.0775. The Morgan fingerprint density at radius 3 is 2.75 bits per heavy atom. The average Bonchev–Trinajstić information content (AvgIpc) is 2.38. The number of likely N-dealkylation sites (tertiary alicyclic amines) is 1. The number of aliphatic hydroxyl groups is 1. The molecule has 0 saturated carbocycles. The Morgan fingerprint density at radius 2 is 2.15 bits per heavy atom. The van der Waals surface area contributed by atoms with Gasteiger partial charge in [-0.05, 0) is 32.2 Å². The van der Waals surface area contributed by atoms with Crippen LogP contribution in [0, 0.1) is 5.92 Å². The molecule has 1 saturated heterocycles. The van der Waals surface area contributed by atoms with Crippen LogP contribution in [0.2, 0.25) is 0 Å². The number of rotatable bonds is 8. The number of methoxy groups -OCH3 is 1. The molecule has 0 amide bonds. The van der Waals surface area contributed by atoms with Crippen molar-refractivity contribution < 1.29 is 24.5 Å². The van der Waals surface area contributed by atoms with Gasteiger partial charge in [0, 0.05) is 13.7 Å². The minimum atomic E-state index is -0.808. The van der Waals surface area contributed by atoms with Crippen LogP contribution in [0.15, 0.2) is 0 Å². The van der Waals surface area contributed by atoms with E-state index in [0.717, 1.165) is 6.42 Å². The van der Waals surface area contributed by atoms with E-state index in [1.54, 1.807) is 7.11 Å². The summed E-state index contributed by atoms with van der Waals surface area (Å²) in [5, 5.41) is 19.2. The number of carboxylic acids is 1. The predicted octanol–water partition coefficient (Wildman–Crippen LogP) is 0.584. The van der Waals surface area contributed by atoms with Crippen molar-refractivity contribution in [2.75, 3.05) is 33.4 Å². The van der Waals surface area contributed by atoms with Crippen molar-refractivity contribution in [1.29, 1.82) is 0 Å². The Hall–Kier alpha value is -0.690. The molecule has 0 radical (unpaired) electrons. The van der Waals surface area contributed by atoms with Gasteiger partial charge in [0.25, 0.3) is 0 Å². The van der Waals surface area contributed by atoms with Gasteiger partial charge in [-0.1, -0.05) is 6.92 Å². The molecule has 0 aliphatic carbocycles. The van der Waals surface area contributed by atoms with Gasteiger partial charge in [-0.2, -0.15) is 0 Å². The molecule has 0 aromatic heterocycles. The van der Waals surface area contributed by atoms with Crippen molar-refractivity contribution in [2.24, 2.45) is 5.92 Å². The highest BCUT2D eigenvalue weighted by molar-refractivity contribution is 5.73. The van der Waals surface area contributed by atoms with Crippen molar-refractivity contribution in [3.63, 3.8) is 0 Å². The monoisotopic (exact) mass is 289 g/mol. The van der Waals surface area contributed by atoms with E-state index in [4.69, 9.17) is 9.47 Å². The van der Waals surface area contributed by atoms with Gasteiger partial charge in [-0.15, -0.1) is 0 Å². The minimum Gasteiger partial charge on any atom is -0.480 e. The fourth-order valence-corrected chi connectivity index (χ4v) is 2.55. The van der Waals surface area contributed by atoms with Crippen molar-refractivity contribution >= 4 is 5.97 Å². The highest BCUT2D eigenvalue weighted by Crippen LogP contribution is 2.22. The summed E-state index contributed by atoms with van der Waals surface area (Å²) in [5.74, 6) is -0.389. The Labute approximate surface area is 120 Å². The SMILES string of the molecule is COCC(C)OCC(O)CN1CCC(C)CC1C(=O)O. The molecule has 0 aromatic rings. The second-order valence-electron chi connectivity index (χ2n) is 5.73. The number of piperidine rings is 1. The van der Waals surface area contributed by atoms with Gasteiger partial charge < -0.3 is 19.7 Å². The Kier molecular flexibility index (Phi) is 7.43. The maximum absolute atomic E-state index is 11.3. The molecule has 20 heavy (non-hydrogen) atoms. The van der Waals surface area contributed by atoms with Gasteiger partial charge in [0.2, 0.25) is 0 Å². The second kappa shape index (κ2) is 8.56. The van der Waals surface area contributed by atoms with Gasteiger partial charge in [0.05, 0.1) is 25.4 Å². The van der Waals surface area contributed by atoms with E-state index in [1.807, 2.05) is 11.8 Å². The van der Waals surface area contributed by atoms with Gasteiger partial charge in [0.1, 0.15) is 6.04 Å². The van der Waals surface area contributed by atoms with Crippen LogP contribution in [0.1, 0.15) is 26.7 Å². The number of carbonyl (C=O) groups is 1. The van der Waals surface area contributed by atoms with E-state index in [-0.39, 0.29) is 12.7 Å². The van der Waals surface area contributed by atoms with Gasteiger partial charge in [0.15, 0.2) is 0 Å². The summed E-state index contributed by atoms with van der Waals surface area (Å²) in [6, 6.07) is -0.496. The first-order valence-electron chi connectivity index (χ1n) is 7.19. The van der Waals surface area contributed by atoms with Gasteiger partial charge in [-0.3, -0.25) is 9.69 Å². The largest absolute Gasteiger partial charge is 0.480 e. The molecule has 4 unspecified atom stereocenters. The Morgan fingerprint density at radius 1 is 1.45 bits per heavy atom. The number of aliphatic carboxylic acids is 1. The molecule has 2 N–H and O–H groups in total. The molecule has 6 nitrogen and oxygen atoms in total. The number of ether oxygens (including phenoxy) is 2. The maximum Gasteiger partial charge on any atom is 0.320 e. The summed E-state index contributed by atoms with van der Waals surface area (Å²) in [6.45, 7) is 5.67. The fraction of sp³-hybridized carbons (Fsp3) is 0.929. The Balaban J connectivity index is 2.39. The summed E-state index contributed by atoms with van der Waals surface area (Å²) >= 11 is 0. The molecule has 1 fully saturated rings. The number of aliphatic hydroxyl groups excluding tert-OH is 1. The highest BCUT2D eigenvalue weighted by Gasteiger charge is 2.32. The van der Waals surface area contributed by atoms with Crippen LogP contribution in [0.25, 0.3) is 0 Å². The first-order valence-corrected chi connectivity index (χ1v) is 7.19. The van der Waals surface area contributed by atoms with E-state index in [0.29, 0.717) is 32.0 Å². The quantitative estimate of drug-likeness (QED) is 0.680. The molecule has 0 bridgehead atoms. The number of hydrogen-bond acceptors (Lipinski definition) is 5. The zero-order valence-corrected chi connectivity index (χ0v) is 12.6. The third kappa shape index (κ3) is 5.75. The van der Waals surface area contributed by atoms with Crippen molar-refractivity contribution in [3.05, 3.63) is 0 Å². The Bertz CT molecular complexity index is 299. The molecule has 118 valence electrons. The van der Waals surface area contributed by atoms with Crippen molar-refractivity contribution in [1.82, 2.24) is 4.90 Å². The molecule has 0 aromatic carbocycles. The van der Waals surface area contributed by atoms with Crippen molar-refractivity contribution in [3.8, 4) is 0 Å². The zero-order chi connectivity index (χ0) is 15.1. The van der Waals surface area contributed by atoms with Crippen LogP contribution in [0.5, 0.6) is 0 Å². The van der Waals surface area contributed by atoms with Crippen LogP contribution >= 0.6 is 0 Å². The lowest BCUT2D eigenvalue weighted by atomic mass is 9.92. The molecule has 4 atom stereocenters. The van der Waals surface area contributed by atoms with Crippen LogP contribution in [-0.4, -0.2) is 72.7 Å². The number of nitrogens with zero attached hydrogens (tertiary/aromatic N) is 1. The molecule has 1 aliphatic rings. The first kappa shape index (κ1) is 17.4. The third-order valence-corrected chi connectivity index (χ3v) is 3.68. The summed E-state index contributed by atoms with van der Waals surface area (Å²) in [7, 11) is 1.60. The number of hydrogen-bond donors (Lipinski definition) is 2. The molecule has 1 aliphatic heterocycles. The van der Waals surface area contributed by atoms with E-state index >= 15 is 0 Å². The van der Waals surface area contributed by atoms with Gasteiger partial charge >= 0.3 is 5.97 Å². The highest BCUT2D eigenvalue weighted by atomic mass is 16.5. The summed E-state index contributed by atoms with van der Waals surface area (Å²) < 4.78 is 10.4. The van der Waals surface area contributed by atoms with E-state index in [2.05, 4.69) is 6.92 Å². The van der Waals surface area contributed by atoms with E-state index in [9.17, 15) is 15.0 Å². The summed E-state index contributed by atoms with van der Waals surface area (Å²) in [5.41, 5.74) is 0. The topological polar surface area (TPSA) is 79.2 Å². The van der Waals surface area contributed by atoms with Gasteiger partial charge in [-0.25, -0.2) is 0 Å². The van der Waals surface area contributed by atoms with Crippen LogP contribution in [0.3, 0.4) is 0 Å². The smallest absolute Gasteiger partial charge is 0.320 e. The fourth-order valence-electron chi connectivity index (χ4n) is 2.55. The molecular formula is C14H27NO5. The lowest BCUT2D eigenvalue weighted by Gasteiger charge is -2.37. The van der Waals surface area contributed by atoms with Crippen LogP contribution < -0.4 is 0 Å². The maximum atomic E-state index is 11.3. The molecule has 6 heteroatoms. The molecule has 1 rings (SSSR count).